The van der Waals surface area contributed by atoms with Crippen LogP contribution in [0.1, 0.15) is 26.7 Å². The number of nitrogens with one attached hydrogen (secondary N) is 1. The Morgan fingerprint density at radius 3 is 2.37 bits per heavy atom. The van der Waals surface area contributed by atoms with Crippen molar-refractivity contribution in [1.82, 2.24) is 0 Å². The molecule has 0 bridgehead atoms. The summed E-state index contributed by atoms with van der Waals surface area (Å²) in [4.78, 5) is 25.8. The fourth-order valence-electron chi connectivity index (χ4n) is 3.83. The molecule has 1 amide bonds. The molecule has 7 heteroatoms. The van der Waals surface area contributed by atoms with Crippen LogP contribution in [-0.4, -0.2) is 42.3 Å². The first-order valence-corrected chi connectivity index (χ1v) is 9.23. The van der Waals surface area contributed by atoms with E-state index in [0.29, 0.717) is 37.3 Å². The van der Waals surface area contributed by atoms with Crippen LogP contribution >= 0.6 is 0 Å². The molecule has 27 heavy (non-hydrogen) atoms. The maximum absolute atomic E-state index is 14.6. The van der Waals surface area contributed by atoms with Gasteiger partial charge >= 0.3 is 5.97 Å². The fourth-order valence-corrected chi connectivity index (χ4v) is 3.83. The number of hydrogen-bond acceptors (Lipinski definition) is 4. The number of amides is 1. The minimum Gasteiger partial charge on any atom is -0.481 e. The van der Waals surface area contributed by atoms with E-state index in [0.717, 1.165) is 0 Å². The van der Waals surface area contributed by atoms with Crippen molar-refractivity contribution in [2.75, 3.05) is 23.3 Å². The van der Waals surface area contributed by atoms with Crippen LogP contribution in [0.4, 0.5) is 15.8 Å². The van der Waals surface area contributed by atoms with E-state index in [1.807, 2.05) is 24.8 Å². The van der Waals surface area contributed by atoms with Gasteiger partial charge in [0.1, 0.15) is 5.82 Å². The zero-order chi connectivity index (χ0) is 19.6. The lowest BCUT2D eigenvalue weighted by Crippen LogP contribution is -2.45. The van der Waals surface area contributed by atoms with E-state index in [4.69, 9.17) is 4.74 Å². The fraction of sp³-hybridized carbons (Fsp3) is 0.500. The van der Waals surface area contributed by atoms with E-state index in [2.05, 4.69) is 5.32 Å². The van der Waals surface area contributed by atoms with Crippen LogP contribution in [0.25, 0.3) is 0 Å². The average Bonchev–Trinajstić information content (AvgIpc) is 2.60. The highest BCUT2D eigenvalue weighted by molar-refractivity contribution is 5.95. The quantitative estimate of drug-likeness (QED) is 0.790. The molecular formula is C20H25FN2O4. The standard InChI is InChI=1S/C20H25FN2O4/c1-12-10-23(11-13(2)27-12)18-8-7-14(9-17(18)21)22-19(24)15-5-3-4-6-16(15)20(25)26/h3-4,7-9,12-13,15-16H,5-6,10-11H2,1-2H3,(H,22,24)(H,25,26)/t12-,13-,15-,16+/m1/s1. The Morgan fingerprint density at radius 2 is 1.78 bits per heavy atom. The van der Waals surface area contributed by atoms with E-state index < -0.39 is 29.5 Å². The molecule has 0 saturated carbocycles. The summed E-state index contributed by atoms with van der Waals surface area (Å²) in [7, 11) is 0. The van der Waals surface area contributed by atoms with Gasteiger partial charge in [-0.25, -0.2) is 4.39 Å². The molecule has 0 spiro atoms. The predicted molar refractivity (Wildman–Crippen MR) is 100 cm³/mol. The monoisotopic (exact) mass is 376 g/mol. The topological polar surface area (TPSA) is 78.9 Å². The zero-order valence-corrected chi connectivity index (χ0v) is 15.5. The first-order valence-electron chi connectivity index (χ1n) is 9.23. The minimum absolute atomic E-state index is 0.0137. The Hall–Kier alpha value is -2.41. The van der Waals surface area contributed by atoms with Gasteiger partial charge < -0.3 is 20.1 Å². The molecule has 2 N–H and O–H groups in total. The van der Waals surface area contributed by atoms with Gasteiger partial charge in [0.05, 0.1) is 29.7 Å². The second-order valence-corrected chi connectivity index (χ2v) is 7.31. The smallest absolute Gasteiger partial charge is 0.307 e. The van der Waals surface area contributed by atoms with Crippen molar-refractivity contribution < 1.29 is 23.8 Å². The maximum Gasteiger partial charge on any atom is 0.307 e. The summed E-state index contributed by atoms with van der Waals surface area (Å²) in [5.74, 6) is -3.22. The van der Waals surface area contributed by atoms with Crippen LogP contribution in [0.15, 0.2) is 30.4 Å². The summed E-state index contributed by atoms with van der Waals surface area (Å²) in [6, 6.07) is 4.58. The highest BCUT2D eigenvalue weighted by Gasteiger charge is 2.34. The number of aliphatic carboxylic acids is 1. The summed E-state index contributed by atoms with van der Waals surface area (Å²) in [5.41, 5.74) is 0.799. The third-order valence-corrected chi connectivity index (χ3v) is 5.06. The van der Waals surface area contributed by atoms with Crippen molar-refractivity contribution in [3.63, 3.8) is 0 Å². The number of ether oxygens (including phenoxy) is 1. The van der Waals surface area contributed by atoms with Gasteiger partial charge in [0.15, 0.2) is 0 Å². The van der Waals surface area contributed by atoms with Gasteiger partial charge in [0, 0.05) is 18.8 Å². The van der Waals surface area contributed by atoms with Crippen molar-refractivity contribution in [3.8, 4) is 0 Å². The van der Waals surface area contributed by atoms with E-state index in [1.54, 1.807) is 18.2 Å². The maximum atomic E-state index is 14.6. The highest BCUT2D eigenvalue weighted by atomic mass is 19.1. The van der Waals surface area contributed by atoms with E-state index in [-0.39, 0.29) is 12.2 Å². The molecular weight excluding hydrogens is 351 g/mol. The molecule has 1 aromatic carbocycles. The summed E-state index contributed by atoms with van der Waals surface area (Å²) >= 11 is 0. The molecule has 2 aliphatic rings. The van der Waals surface area contributed by atoms with Crippen molar-refractivity contribution in [2.24, 2.45) is 11.8 Å². The second-order valence-electron chi connectivity index (χ2n) is 7.31. The molecule has 1 saturated heterocycles. The molecule has 4 atom stereocenters. The molecule has 1 aliphatic heterocycles. The zero-order valence-electron chi connectivity index (χ0n) is 15.5. The van der Waals surface area contributed by atoms with Crippen LogP contribution < -0.4 is 10.2 Å². The normalized spacial score (nSPS) is 28.0. The first-order chi connectivity index (χ1) is 12.8. The molecule has 1 aliphatic carbocycles. The third kappa shape index (κ3) is 4.47. The molecule has 146 valence electrons. The van der Waals surface area contributed by atoms with Crippen LogP contribution in [-0.2, 0) is 14.3 Å². The molecule has 1 fully saturated rings. The number of halogens is 1. The van der Waals surface area contributed by atoms with Gasteiger partial charge in [-0.3, -0.25) is 9.59 Å². The minimum atomic E-state index is -0.989. The van der Waals surface area contributed by atoms with Crippen molar-refractivity contribution in [3.05, 3.63) is 36.2 Å². The number of benzene rings is 1. The molecule has 0 aromatic heterocycles. The van der Waals surface area contributed by atoms with Crippen molar-refractivity contribution in [1.29, 1.82) is 0 Å². The van der Waals surface area contributed by atoms with Crippen LogP contribution in [0, 0.1) is 17.7 Å². The Morgan fingerprint density at radius 1 is 1.15 bits per heavy atom. The third-order valence-electron chi connectivity index (χ3n) is 5.06. The SMILES string of the molecule is C[C@@H]1CN(c2ccc(NC(=O)[C@@H]3CC=CC[C@@H]3C(=O)O)cc2F)C[C@@H](C)O1. The predicted octanol–water partition coefficient (Wildman–Crippen LogP) is 3.04. The number of morpholine rings is 1. The summed E-state index contributed by atoms with van der Waals surface area (Å²) in [5, 5.41) is 12.0. The number of allylic oxidation sites excluding steroid dienone is 2. The number of carboxylic acids is 1. The Bertz CT molecular complexity index is 741. The van der Waals surface area contributed by atoms with Gasteiger partial charge in [-0.05, 0) is 44.9 Å². The van der Waals surface area contributed by atoms with E-state index >= 15 is 0 Å². The first kappa shape index (κ1) is 19.4. The van der Waals surface area contributed by atoms with Crippen LogP contribution in [0.3, 0.4) is 0 Å². The lowest BCUT2D eigenvalue weighted by Gasteiger charge is -2.37. The molecule has 0 radical (unpaired) electrons. The summed E-state index contributed by atoms with van der Waals surface area (Å²) in [6.07, 6.45) is 4.32. The van der Waals surface area contributed by atoms with E-state index in [1.165, 1.54) is 6.07 Å². The lowest BCUT2D eigenvalue weighted by atomic mass is 9.82. The molecule has 1 heterocycles. The second kappa shape index (κ2) is 8.08. The largest absolute Gasteiger partial charge is 0.481 e. The highest BCUT2D eigenvalue weighted by Crippen LogP contribution is 2.29. The summed E-state index contributed by atoms with van der Waals surface area (Å²) < 4.78 is 20.3. The number of carboxylic acid groups (broad SMARTS) is 1. The van der Waals surface area contributed by atoms with Gasteiger partial charge in [0.25, 0.3) is 0 Å². The molecule has 1 aromatic rings. The number of carbonyl (C=O) groups excluding carboxylic acids is 1. The Balaban J connectivity index is 1.71. The van der Waals surface area contributed by atoms with Gasteiger partial charge in [-0.15, -0.1) is 0 Å². The number of hydrogen-bond donors (Lipinski definition) is 2. The van der Waals surface area contributed by atoms with E-state index in [9.17, 15) is 19.1 Å². The molecule has 3 rings (SSSR count). The number of carbonyl (C=O) groups is 2. The molecule has 6 nitrogen and oxygen atoms in total. The molecule has 0 unspecified atom stereocenters. The van der Waals surface area contributed by atoms with Gasteiger partial charge in [-0.2, -0.15) is 0 Å². The Labute approximate surface area is 158 Å². The Kier molecular flexibility index (Phi) is 5.79. The van der Waals surface area contributed by atoms with Crippen LogP contribution in [0.2, 0.25) is 0 Å². The lowest BCUT2D eigenvalue weighted by molar-refractivity contribution is -0.146. The number of rotatable bonds is 4. The van der Waals surface area contributed by atoms with Crippen molar-refractivity contribution in [2.45, 2.75) is 38.9 Å². The van der Waals surface area contributed by atoms with Crippen LogP contribution in [0.5, 0.6) is 0 Å². The average molecular weight is 376 g/mol. The summed E-state index contributed by atoms with van der Waals surface area (Å²) in [6.45, 7) is 5.10. The van der Waals surface area contributed by atoms with Gasteiger partial charge in [0.2, 0.25) is 5.91 Å². The number of nitrogens with zero attached hydrogens (tertiary/aromatic N) is 1. The van der Waals surface area contributed by atoms with Crippen molar-refractivity contribution >= 4 is 23.3 Å². The van der Waals surface area contributed by atoms with Gasteiger partial charge in [-0.1, -0.05) is 12.2 Å². The number of anilines is 2.